The monoisotopic (exact) mass is 812 g/mol. The molecule has 8 rings (SSSR count). The number of amides is 4. The Balaban J connectivity index is 0.759. The summed E-state index contributed by atoms with van der Waals surface area (Å²) in [6.07, 6.45) is 7.05. The maximum atomic E-state index is 15.0. The van der Waals surface area contributed by atoms with Crippen LogP contribution in [0.1, 0.15) is 78.1 Å². The van der Waals surface area contributed by atoms with E-state index in [0.29, 0.717) is 39.2 Å². The number of carbonyl (C=O) groups is 4. The molecule has 12 nitrogen and oxygen atoms in total. The van der Waals surface area contributed by atoms with Crippen molar-refractivity contribution in [2.24, 2.45) is 5.41 Å². The van der Waals surface area contributed by atoms with Gasteiger partial charge in [-0.25, -0.2) is 9.37 Å². The van der Waals surface area contributed by atoms with Gasteiger partial charge in [0.15, 0.2) is 0 Å². The second-order valence-electron chi connectivity index (χ2n) is 16.2. The number of rotatable bonds is 8. The number of pyridine rings is 1. The Labute approximate surface area is 341 Å². The number of carbonyl (C=O) groups excluding carboxylic acids is 4. The third-order valence-electron chi connectivity index (χ3n) is 12.5. The van der Waals surface area contributed by atoms with Crippen LogP contribution in [0.15, 0.2) is 59.8 Å². The van der Waals surface area contributed by atoms with Gasteiger partial charge in [-0.1, -0.05) is 11.6 Å². The molecule has 5 aliphatic heterocycles. The summed E-state index contributed by atoms with van der Waals surface area (Å²) in [4.78, 5) is 63.2. The van der Waals surface area contributed by atoms with Crippen molar-refractivity contribution in [2.75, 3.05) is 55.6 Å². The Morgan fingerprint density at radius 1 is 1.02 bits per heavy atom. The predicted octanol–water partition coefficient (Wildman–Crippen LogP) is 5.25. The van der Waals surface area contributed by atoms with Crippen molar-refractivity contribution >= 4 is 58.4 Å². The number of halogens is 2. The number of likely N-dealkylation sites (tertiary alicyclic amines) is 2. The molecule has 15 heteroatoms. The van der Waals surface area contributed by atoms with Crippen LogP contribution in [-0.2, 0) is 9.59 Å². The van der Waals surface area contributed by atoms with Gasteiger partial charge in [-0.15, -0.1) is 11.8 Å². The maximum Gasteiger partial charge on any atom is 0.255 e. The van der Waals surface area contributed by atoms with E-state index in [1.807, 2.05) is 29.2 Å². The Hall–Kier alpha value is -4.71. The molecule has 0 aliphatic carbocycles. The van der Waals surface area contributed by atoms with Gasteiger partial charge in [-0.2, -0.15) is 5.26 Å². The summed E-state index contributed by atoms with van der Waals surface area (Å²) in [6.45, 7) is 8.08. The maximum absolute atomic E-state index is 15.0. The van der Waals surface area contributed by atoms with E-state index in [2.05, 4.69) is 43.3 Å². The number of hydrogen-bond donors (Lipinski definition) is 2. The van der Waals surface area contributed by atoms with E-state index in [-0.39, 0.29) is 35.6 Å². The van der Waals surface area contributed by atoms with Crippen LogP contribution in [0, 0.1) is 22.6 Å². The molecule has 1 spiro atoms. The number of piperidine rings is 3. The lowest BCUT2D eigenvalue weighted by Crippen LogP contribution is -2.61. The Kier molecular flexibility index (Phi) is 11.2. The van der Waals surface area contributed by atoms with Crippen LogP contribution in [-0.4, -0.2) is 108 Å². The van der Waals surface area contributed by atoms with Crippen LogP contribution in [0.3, 0.4) is 0 Å². The van der Waals surface area contributed by atoms with Gasteiger partial charge < -0.3 is 20.0 Å². The smallest absolute Gasteiger partial charge is 0.255 e. The SMILES string of the molecule is C[C@H]1CC2(CCN(C(=O)c3ccc(SC4CCN(C5CN(c6ccc(C(=O)NC7CCC(=O)NC7=O)c(F)c6)C5)CC4)nc3)CC2)CN1c1ccc(C#N)c(Cl)c1. The van der Waals surface area contributed by atoms with Crippen molar-refractivity contribution in [3.8, 4) is 6.07 Å². The van der Waals surface area contributed by atoms with Gasteiger partial charge >= 0.3 is 0 Å². The molecule has 57 heavy (non-hydrogen) atoms. The van der Waals surface area contributed by atoms with E-state index in [0.717, 1.165) is 88.6 Å². The molecule has 298 valence electrons. The summed E-state index contributed by atoms with van der Waals surface area (Å²) in [5, 5.41) is 15.8. The lowest BCUT2D eigenvalue weighted by atomic mass is 9.76. The average Bonchev–Trinajstić information content (AvgIpc) is 3.51. The molecule has 1 aromatic heterocycles. The molecule has 5 saturated heterocycles. The summed E-state index contributed by atoms with van der Waals surface area (Å²) >= 11 is 8.12. The van der Waals surface area contributed by atoms with Gasteiger partial charge in [-0.3, -0.25) is 29.4 Å². The summed E-state index contributed by atoms with van der Waals surface area (Å²) in [5.74, 6) is -2.25. The summed E-state index contributed by atoms with van der Waals surface area (Å²) in [5.41, 5.74) is 2.88. The molecular formula is C42H46ClFN8O4S. The van der Waals surface area contributed by atoms with Crippen molar-refractivity contribution in [1.82, 2.24) is 25.4 Å². The fourth-order valence-corrected chi connectivity index (χ4v) is 10.4. The highest BCUT2D eigenvalue weighted by molar-refractivity contribution is 7.99. The quantitative estimate of drug-likeness (QED) is 0.290. The molecule has 2 aromatic carbocycles. The van der Waals surface area contributed by atoms with E-state index in [1.54, 1.807) is 30.1 Å². The molecular weight excluding hydrogens is 767 g/mol. The summed E-state index contributed by atoms with van der Waals surface area (Å²) in [7, 11) is 0. The second kappa shape index (κ2) is 16.3. The first-order chi connectivity index (χ1) is 27.5. The molecule has 4 amide bonds. The highest BCUT2D eigenvalue weighted by atomic mass is 35.5. The highest BCUT2D eigenvalue weighted by Gasteiger charge is 2.45. The molecule has 1 unspecified atom stereocenters. The van der Waals surface area contributed by atoms with Gasteiger partial charge in [0.05, 0.1) is 26.7 Å². The van der Waals surface area contributed by atoms with Gasteiger partial charge in [0.1, 0.15) is 17.9 Å². The zero-order valence-corrected chi connectivity index (χ0v) is 33.5. The normalized spacial score (nSPS) is 22.9. The van der Waals surface area contributed by atoms with Gasteiger partial charge in [0.25, 0.3) is 11.8 Å². The molecule has 3 aromatic rings. The van der Waals surface area contributed by atoms with Crippen LogP contribution in [0.5, 0.6) is 0 Å². The molecule has 2 atom stereocenters. The molecule has 2 N–H and O–H groups in total. The molecule has 6 heterocycles. The van der Waals surface area contributed by atoms with E-state index in [4.69, 9.17) is 11.6 Å². The minimum absolute atomic E-state index is 0.0347. The molecule has 0 saturated carbocycles. The van der Waals surface area contributed by atoms with Crippen molar-refractivity contribution in [3.05, 3.63) is 82.3 Å². The fourth-order valence-electron chi connectivity index (χ4n) is 9.12. The number of nitrogens with one attached hydrogen (secondary N) is 2. The van der Waals surface area contributed by atoms with Crippen molar-refractivity contribution in [1.29, 1.82) is 5.26 Å². The first kappa shape index (κ1) is 39.1. The minimum atomic E-state index is -0.862. The average molecular weight is 813 g/mol. The van der Waals surface area contributed by atoms with E-state index >= 15 is 4.39 Å². The van der Waals surface area contributed by atoms with Crippen LogP contribution in [0.25, 0.3) is 0 Å². The van der Waals surface area contributed by atoms with E-state index in [1.165, 1.54) is 12.1 Å². The first-order valence-corrected chi connectivity index (χ1v) is 21.0. The zero-order chi connectivity index (χ0) is 39.8. The summed E-state index contributed by atoms with van der Waals surface area (Å²) in [6, 6.07) is 16.1. The molecule has 5 aliphatic rings. The van der Waals surface area contributed by atoms with Crippen LogP contribution >= 0.6 is 23.4 Å². The largest absolute Gasteiger partial charge is 0.368 e. The molecule has 0 radical (unpaired) electrons. The Bertz CT molecular complexity index is 2090. The Morgan fingerprint density at radius 2 is 1.77 bits per heavy atom. The third kappa shape index (κ3) is 8.33. The standard InChI is InChI=1S/C42H46ClFN8O4S/c1-26-20-42(25-52(26)30-4-2-27(21-45)34(43)18-30)12-16-50(17-13-42)41(56)28-3-9-38(46-22-28)57-32-10-14-49(15-11-32)31-23-51(24-31)29-5-6-33(35(44)19-29)39(54)47-36-7-8-37(53)48-40(36)55/h2-6,9,18-19,22,26,31-32,36H,7-8,10-17,20,23-25H2,1H3,(H,47,54)(H,48,53,55)/t26-,36?/m0/s1. The van der Waals surface area contributed by atoms with Gasteiger partial charge in [0.2, 0.25) is 11.8 Å². The lowest BCUT2D eigenvalue weighted by molar-refractivity contribution is -0.134. The first-order valence-electron chi connectivity index (χ1n) is 19.8. The van der Waals surface area contributed by atoms with E-state index in [9.17, 15) is 24.4 Å². The Morgan fingerprint density at radius 3 is 2.44 bits per heavy atom. The van der Waals surface area contributed by atoms with Crippen LogP contribution in [0.2, 0.25) is 5.02 Å². The number of aromatic nitrogens is 1. The highest BCUT2D eigenvalue weighted by Crippen LogP contribution is 2.45. The van der Waals surface area contributed by atoms with Gasteiger partial charge in [0, 0.05) is 74.0 Å². The molecule has 0 bridgehead atoms. The summed E-state index contributed by atoms with van der Waals surface area (Å²) < 4.78 is 15.0. The number of hydrogen-bond acceptors (Lipinski definition) is 10. The zero-order valence-electron chi connectivity index (χ0n) is 31.9. The number of nitriles is 1. The van der Waals surface area contributed by atoms with Crippen molar-refractivity contribution in [2.45, 2.75) is 80.3 Å². The number of anilines is 2. The van der Waals surface area contributed by atoms with Crippen molar-refractivity contribution < 1.29 is 23.6 Å². The van der Waals surface area contributed by atoms with Crippen molar-refractivity contribution in [3.63, 3.8) is 0 Å². The number of imide groups is 1. The fraction of sp³-hybridized carbons (Fsp3) is 0.476. The van der Waals surface area contributed by atoms with Crippen LogP contribution in [0.4, 0.5) is 15.8 Å². The minimum Gasteiger partial charge on any atom is -0.368 e. The van der Waals surface area contributed by atoms with E-state index < -0.39 is 23.7 Å². The third-order valence-corrected chi connectivity index (χ3v) is 14.1. The number of benzene rings is 2. The van der Waals surface area contributed by atoms with Crippen LogP contribution < -0.4 is 20.4 Å². The second-order valence-corrected chi connectivity index (χ2v) is 17.9. The van der Waals surface area contributed by atoms with Gasteiger partial charge in [-0.05, 0) is 112 Å². The molecule has 5 fully saturated rings. The lowest BCUT2D eigenvalue weighted by Gasteiger charge is -2.48. The predicted molar refractivity (Wildman–Crippen MR) is 216 cm³/mol. The number of thioether (sulfide) groups is 1. The topological polar surface area (TPSA) is 142 Å². The number of nitrogens with zero attached hydrogens (tertiary/aromatic N) is 6.